The third kappa shape index (κ3) is 1.75. The quantitative estimate of drug-likeness (QED) is 0.731. The summed E-state index contributed by atoms with van der Waals surface area (Å²) in [5, 5.41) is 9.04. The summed E-state index contributed by atoms with van der Waals surface area (Å²) in [4.78, 5) is 12.6. The van der Waals surface area contributed by atoms with Crippen molar-refractivity contribution < 1.29 is 4.79 Å². The molecule has 1 aliphatic rings. The molecule has 0 atom stereocenters. The van der Waals surface area contributed by atoms with E-state index in [-0.39, 0.29) is 11.2 Å². The maximum Gasteiger partial charge on any atom is 0.173 e. The van der Waals surface area contributed by atoms with E-state index < -0.39 is 0 Å². The van der Waals surface area contributed by atoms with Crippen LogP contribution >= 0.6 is 27.3 Å². The Morgan fingerprint density at radius 3 is 2.73 bits per heavy atom. The van der Waals surface area contributed by atoms with Gasteiger partial charge in [-0.25, -0.2) is 0 Å². The molecule has 1 aromatic rings. The molecule has 0 fully saturated rings. The van der Waals surface area contributed by atoms with E-state index >= 15 is 0 Å². The monoisotopic (exact) mass is 283 g/mol. The zero-order valence-electron chi connectivity index (χ0n) is 8.56. The molecule has 4 heteroatoms. The molecule has 0 bridgehead atoms. The van der Waals surface area contributed by atoms with Gasteiger partial charge in [0.25, 0.3) is 0 Å². The molecule has 0 aliphatic heterocycles. The Kier molecular flexibility index (Phi) is 2.48. The Bertz CT molecular complexity index is 482. The predicted octanol–water partition coefficient (Wildman–Crippen LogP) is 3.54. The van der Waals surface area contributed by atoms with Crippen molar-refractivity contribution in [3.63, 3.8) is 0 Å². The third-order valence-corrected chi connectivity index (χ3v) is 4.57. The van der Waals surface area contributed by atoms with E-state index in [0.717, 1.165) is 20.6 Å². The van der Waals surface area contributed by atoms with Crippen LogP contribution in [0.5, 0.6) is 0 Å². The number of thiophene rings is 1. The molecule has 1 aromatic heterocycles. The van der Waals surface area contributed by atoms with Crippen molar-refractivity contribution in [2.75, 3.05) is 0 Å². The molecule has 0 spiro atoms. The second-order valence-electron chi connectivity index (χ2n) is 4.61. The van der Waals surface area contributed by atoms with E-state index in [0.29, 0.717) is 12.0 Å². The van der Waals surface area contributed by atoms with Crippen molar-refractivity contribution in [3.8, 4) is 6.07 Å². The number of carbonyl (C=O) groups is 1. The van der Waals surface area contributed by atoms with E-state index in [9.17, 15) is 4.79 Å². The highest BCUT2D eigenvalue weighted by atomic mass is 79.9. The first-order valence-corrected chi connectivity index (χ1v) is 6.30. The topological polar surface area (TPSA) is 40.9 Å². The number of nitrogens with zero attached hydrogens (tertiary/aromatic N) is 1. The summed E-state index contributed by atoms with van der Waals surface area (Å²) in [5.41, 5.74) is 1.57. The van der Waals surface area contributed by atoms with Crippen LogP contribution in [0, 0.1) is 16.7 Å². The van der Waals surface area contributed by atoms with E-state index in [2.05, 4.69) is 35.8 Å². The van der Waals surface area contributed by atoms with Crippen molar-refractivity contribution in [3.05, 3.63) is 19.8 Å². The van der Waals surface area contributed by atoms with Crippen molar-refractivity contribution in [2.45, 2.75) is 26.7 Å². The number of carbonyl (C=O) groups excluding carboxylic acids is 1. The van der Waals surface area contributed by atoms with Gasteiger partial charge in [-0.05, 0) is 33.3 Å². The normalized spacial score (nSPS) is 18.4. The van der Waals surface area contributed by atoms with Gasteiger partial charge in [0, 0.05) is 6.42 Å². The van der Waals surface area contributed by atoms with Gasteiger partial charge in [-0.2, -0.15) is 5.26 Å². The fraction of sp³-hybridized carbons (Fsp3) is 0.455. The second kappa shape index (κ2) is 3.43. The van der Waals surface area contributed by atoms with E-state index in [1.165, 1.54) is 11.3 Å². The molecule has 0 aromatic carbocycles. The van der Waals surface area contributed by atoms with Gasteiger partial charge in [0.1, 0.15) is 6.07 Å². The predicted molar refractivity (Wildman–Crippen MR) is 63.2 cm³/mol. The first-order chi connectivity index (χ1) is 6.94. The van der Waals surface area contributed by atoms with Gasteiger partial charge in [-0.3, -0.25) is 4.79 Å². The number of ketones is 1. The summed E-state index contributed by atoms with van der Waals surface area (Å²) >= 11 is 4.74. The molecule has 0 unspecified atom stereocenters. The third-order valence-electron chi connectivity index (χ3n) is 2.62. The molecule has 2 rings (SSSR count). The van der Waals surface area contributed by atoms with Gasteiger partial charge < -0.3 is 0 Å². The average Bonchev–Trinajstić information content (AvgIpc) is 2.40. The summed E-state index contributed by atoms with van der Waals surface area (Å²) < 4.78 is 0.793. The van der Waals surface area contributed by atoms with E-state index in [1.54, 1.807) is 0 Å². The SMILES string of the molecule is CC1(C)CC(=O)c2sc(Br)c(C#N)c2C1. The Morgan fingerprint density at radius 2 is 2.13 bits per heavy atom. The Hall–Kier alpha value is -0.660. The minimum atomic E-state index is -0.0177. The van der Waals surface area contributed by atoms with Crippen LogP contribution in [0.15, 0.2) is 3.79 Å². The highest BCUT2D eigenvalue weighted by molar-refractivity contribution is 9.11. The molecule has 0 saturated carbocycles. The number of hydrogen-bond donors (Lipinski definition) is 0. The molecule has 0 amide bonds. The number of rotatable bonds is 0. The van der Waals surface area contributed by atoms with Gasteiger partial charge >= 0.3 is 0 Å². The van der Waals surface area contributed by atoms with Crippen LogP contribution in [-0.4, -0.2) is 5.78 Å². The molecule has 1 heterocycles. The summed E-state index contributed by atoms with van der Waals surface area (Å²) in [5.74, 6) is 0.174. The molecule has 0 N–H and O–H groups in total. The van der Waals surface area contributed by atoms with Crippen molar-refractivity contribution >= 4 is 33.0 Å². The summed E-state index contributed by atoms with van der Waals surface area (Å²) in [7, 11) is 0. The molecule has 78 valence electrons. The Balaban J connectivity index is 2.62. The highest BCUT2D eigenvalue weighted by Crippen LogP contribution is 2.42. The smallest absolute Gasteiger partial charge is 0.173 e. The fourth-order valence-electron chi connectivity index (χ4n) is 2.00. The number of Topliss-reactive ketones (excluding diaryl/α,β-unsaturated/α-hetero) is 1. The molecule has 2 nitrogen and oxygen atoms in total. The summed E-state index contributed by atoms with van der Waals surface area (Å²) in [6, 6.07) is 2.17. The summed E-state index contributed by atoms with van der Waals surface area (Å²) in [6.07, 6.45) is 1.40. The average molecular weight is 284 g/mol. The van der Waals surface area contributed by atoms with Crippen LogP contribution < -0.4 is 0 Å². The Labute approximate surface area is 101 Å². The largest absolute Gasteiger partial charge is 0.293 e. The first kappa shape index (κ1) is 10.8. The molecule has 15 heavy (non-hydrogen) atoms. The lowest BCUT2D eigenvalue weighted by Gasteiger charge is -2.28. The minimum Gasteiger partial charge on any atom is -0.293 e. The molecule has 1 aliphatic carbocycles. The van der Waals surface area contributed by atoms with Crippen molar-refractivity contribution in [1.82, 2.24) is 0 Å². The number of hydrogen-bond acceptors (Lipinski definition) is 3. The molecule has 0 saturated heterocycles. The first-order valence-electron chi connectivity index (χ1n) is 4.69. The van der Waals surface area contributed by atoms with Crippen LogP contribution in [0.25, 0.3) is 0 Å². The van der Waals surface area contributed by atoms with E-state index in [1.807, 2.05) is 0 Å². The van der Waals surface area contributed by atoms with Crippen LogP contribution in [0.2, 0.25) is 0 Å². The lowest BCUT2D eigenvalue weighted by atomic mass is 9.76. The van der Waals surface area contributed by atoms with Crippen LogP contribution in [0.1, 0.15) is 41.1 Å². The zero-order chi connectivity index (χ0) is 11.2. The fourth-order valence-corrected chi connectivity index (χ4v) is 3.74. The number of nitriles is 1. The Morgan fingerprint density at radius 1 is 1.47 bits per heavy atom. The van der Waals surface area contributed by atoms with Gasteiger partial charge in [-0.1, -0.05) is 13.8 Å². The highest BCUT2D eigenvalue weighted by Gasteiger charge is 2.35. The van der Waals surface area contributed by atoms with Crippen molar-refractivity contribution in [2.24, 2.45) is 5.41 Å². The van der Waals surface area contributed by atoms with Gasteiger partial charge in [-0.15, -0.1) is 11.3 Å². The number of fused-ring (bicyclic) bond motifs is 1. The van der Waals surface area contributed by atoms with E-state index in [4.69, 9.17) is 5.26 Å². The van der Waals surface area contributed by atoms with Gasteiger partial charge in [0.05, 0.1) is 14.2 Å². The second-order valence-corrected chi connectivity index (χ2v) is 6.95. The molecular formula is C11H10BrNOS. The maximum absolute atomic E-state index is 11.9. The maximum atomic E-state index is 11.9. The molecular weight excluding hydrogens is 274 g/mol. The molecule has 0 radical (unpaired) electrons. The lowest BCUT2D eigenvalue weighted by Crippen LogP contribution is -2.26. The van der Waals surface area contributed by atoms with Gasteiger partial charge in [0.15, 0.2) is 5.78 Å². The van der Waals surface area contributed by atoms with Crippen LogP contribution in [0.3, 0.4) is 0 Å². The standard InChI is InChI=1S/C11H10BrNOS/c1-11(2)3-6-7(5-13)10(12)15-9(6)8(14)4-11/h3-4H2,1-2H3. The number of halogens is 1. The lowest BCUT2D eigenvalue weighted by molar-refractivity contribution is 0.0917. The van der Waals surface area contributed by atoms with Crippen molar-refractivity contribution in [1.29, 1.82) is 5.26 Å². The zero-order valence-corrected chi connectivity index (χ0v) is 11.0. The van der Waals surface area contributed by atoms with Crippen LogP contribution in [0.4, 0.5) is 0 Å². The minimum absolute atomic E-state index is 0.0177. The van der Waals surface area contributed by atoms with Gasteiger partial charge in [0.2, 0.25) is 0 Å². The van der Waals surface area contributed by atoms with Crippen LogP contribution in [-0.2, 0) is 6.42 Å². The summed E-state index contributed by atoms with van der Waals surface area (Å²) in [6.45, 7) is 4.14.